The Hall–Kier alpha value is -0.0800. The Morgan fingerprint density at radius 1 is 1.10 bits per heavy atom. The first-order valence-corrected chi connectivity index (χ1v) is 8.76. The zero-order valence-electron chi connectivity index (χ0n) is 14.9. The maximum atomic E-state index is 3.73. The molecule has 1 aliphatic carbocycles. The molecule has 0 radical (unpaired) electrons. The first kappa shape index (κ1) is 18.0. The van der Waals surface area contributed by atoms with Crippen LogP contribution in [0.3, 0.4) is 0 Å². The molecule has 0 unspecified atom stereocenters. The average molecular weight is 283 g/mol. The molecule has 0 amide bonds. The first-order chi connectivity index (χ1) is 9.31. The van der Waals surface area contributed by atoms with Crippen molar-refractivity contribution < 1.29 is 0 Å². The van der Waals surface area contributed by atoms with Crippen LogP contribution in [0.25, 0.3) is 0 Å². The van der Waals surface area contributed by atoms with Crippen LogP contribution >= 0.6 is 0 Å². The zero-order chi connectivity index (χ0) is 15.2. The topological polar surface area (TPSA) is 15.3 Å². The number of rotatable bonds is 7. The minimum absolute atomic E-state index is 0.317. The lowest BCUT2D eigenvalue weighted by atomic mass is 9.78. The second-order valence-corrected chi connectivity index (χ2v) is 7.97. The van der Waals surface area contributed by atoms with Crippen molar-refractivity contribution in [1.82, 2.24) is 10.2 Å². The lowest BCUT2D eigenvalue weighted by Gasteiger charge is -2.43. The molecule has 1 aliphatic rings. The summed E-state index contributed by atoms with van der Waals surface area (Å²) in [5.74, 6) is 0. The zero-order valence-corrected chi connectivity index (χ0v) is 14.9. The van der Waals surface area contributed by atoms with Crippen molar-refractivity contribution in [3.8, 4) is 0 Å². The van der Waals surface area contributed by atoms with Crippen LogP contribution in [0.5, 0.6) is 0 Å². The molecule has 0 saturated heterocycles. The molecule has 0 heterocycles. The highest BCUT2D eigenvalue weighted by atomic mass is 15.2. The third kappa shape index (κ3) is 5.37. The Morgan fingerprint density at radius 2 is 1.65 bits per heavy atom. The summed E-state index contributed by atoms with van der Waals surface area (Å²) in [6.07, 6.45) is 9.72. The minimum atomic E-state index is 0.317. The van der Waals surface area contributed by atoms with Crippen LogP contribution in [-0.2, 0) is 0 Å². The third-order valence-electron chi connectivity index (χ3n) is 5.52. The van der Waals surface area contributed by atoms with Gasteiger partial charge in [-0.05, 0) is 45.6 Å². The van der Waals surface area contributed by atoms with Gasteiger partial charge in [0.1, 0.15) is 0 Å². The summed E-state index contributed by atoms with van der Waals surface area (Å²) < 4.78 is 0. The second kappa shape index (κ2) is 7.79. The minimum Gasteiger partial charge on any atom is -0.314 e. The molecule has 0 aromatic carbocycles. The van der Waals surface area contributed by atoms with Gasteiger partial charge in [-0.3, -0.25) is 0 Å². The summed E-state index contributed by atoms with van der Waals surface area (Å²) in [7, 11) is 2.32. The van der Waals surface area contributed by atoms with Gasteiger partial charge in [0.25, 0.3) is 0 Å². The molecule has 0 atom stereocenters. The Morgan fingerprint density at radius 3 is 2.10 bits per heavy atom. The molecule has 0 aliphatic heterocycles. The highest BCUT2D eigenvalue weighted by molar-refractivity contribution is 4.90. The molecular formula is C18H38N2. The maximum absolute atomic E-state index is 3.73. The van der Waals surface area contributed by atoms with E-state index in [1.54, 1.807) is 0 Å². The molecule has 0 aromatic heterocycles. The molecule has 0 aromatic rings. The van der Waals surface area contributed by atoms with Crippen molar-refractivity contribution in [3.05, 3.63) is 0 Å². The van der Waals surface area contributed by atoms with E-state index in [9.17, 15) is 0 Å². The number of hydrogen-bond donors (Lipinski definition) is 1. The first-order valence-electron chi connectivity index (χ1n) is 8.76. The van der Waals surface area contributed by atoms with Crippen molar-refractivity contribution >= 4 is 0 Å². The van der Waals surface area contributed by atoms with E-state index in [4.69, 9.17) is 0 Å². The largest absolute Gasteiger partial charge is 0.314 e. The predicted octanol–water partition coefficient (Wildman–Crippen LogP) is 4.45. The summed E-state index contributed by atoms with van der Waals surface area (Å²) in [4.78, 5) is 2.61. The quantitative estimate of drug-likeness (QED) is 0.694. The second-order valence-electron chi connectivity index (χ2n) is 7.97. The van der Waals surface area contributed by atoms with Crippen LogP contribution in [0.15, 0.2) is 0 Å². The fourth-order valence-electron chi connectivity index (χ4n) is 3.28. The van der Waals surface area contributed by atoms with Gasteiger partial charge in [-0.2, -0.15) is 0 Å². The van der Waals surface area contributed by atoms with E-state index >= 15 is 0 Å². The molecule has 1 rings (SSSR count). The van der Waals surface area contributed by atoms with E-state index in [1.807, 2.05) is 0 Å². The van der Waals surface area contributed by atoms with Gasteiger partial charge < -0.3 is 10.2 Å². The molecule has 1 saturated carbocycles. The Balaban J connectivity index is 2.75. The predicted molar refractivity (Wildman–Crippen MR) is 90.3 cm³/mol. The van der Waals surface area contributed by atoms with E-state index in [1.165, 1.54) is 58.0 Å². The van der Waals surface area contributed by atoms with Gasteiger partial charge in [0.05, 0.1) is 0 Å². The normalized spacial score (nSPS) is 20.4. The van der Waals surface area contributed by atoms with Gasteiger partial charge in [0.15, 0.2) is 0 Å². The van der Waals surface area contributed by atoms with Crippen molar-refractivity contribution in [1.29, 1.82) is 0 Å². The van der Waals surface area contributed by atoms with E-state index in [0.29, 0.717) is 17.0 Å². The maximum Gasteiger partial charge on any atom is 0.0147 e. The van der Waals surface area contributed by atoms with E-state index in [-0.39, 0.29) is 0 Å². The van der Waals surface area contributed by atoms with Crippen LogP contribution in [-0.4, -0.2) is 36.6 Å². The molecule has 2 nitrogen and oxygen atoms in total. The van der Waals surface area contributed by atoms with Crippen molar-refractivity contribution in [2.24, 2.45) is 5.41 Å². The smallest absolute Gasteiger partial charge is 0.0147 e. The van der Waals surface area contributed by atoms with Crippen LogP contribution in [0, 0.1) is 5.41 Å². The molecular weight excluding hydrogens is 244 g/mol. The third-order valence-corrected chi connectivity index (χ3v) is 5.52. The van der Waals surface area contributed by atoms with Crippen LogP contribution in [0.1, 0.15) is 79.6 Å². The van der Waals surface area contributed by atoms with Crippen molar-refractivity contribution in [3.63, 3.8) is 0 Å². The fraction of sp³-hybridized carbons (Fsp3) is 1.00. The van der Waals surface area contributed by atoms with Gasteiger partial charge >= 0.3 is 0 Å². The summed E-state index contributed by atoms with van der Waals surface area (Å²) >= 11 is 0. The Bertz CT molecular complexity index is 263. The lowest BCUT2D eigenvalue weighted by molar-refractivity contribution is 0.0692. The molecule has 2 heteroatoms. The average Bonchev–Trinajstić information content (AvgIpc) is 2.62. The van der Waals surface area contributed by atoms with Gasteiger partial charge in [0, 0.05) is 24.7 Å². The van der Waals surface area contributed by atoms with Crippen LogP contribution in [0.2, 0.25) is 0 Å². The Kier molecular flexibility index (Phi) is 7.00. The monoisotopic (exact) mass is 282 g/mol. The molecule has 120 valence electrons. The lowest BCUT2D eigenvalue weighted by Crippen LogP contribution is -2.50. The summed E-state index contributed by atoms with van der Waals surface area (Å²) in [6, 6.07) is 0.597. The Labute approximate surface area is 127 Å². The highest BCUT2D eigenvalue weighted by Gasteiger charge is 2.35. The van der Waals surface area contributed by atoms with E-state index in [2.05, 4.69) is 51.9 Å². The molecule has 0 bridgehead atoms. The van der Waals surface area contributed by atoms with Crippen molar-refractivity contribution in [2.45, 2.75) is 91.1 Å². The molecule has 20 heavy (non-hydrogen) atoms. The molecule has 0 spiro atoms. The number of nitrogens with one attached hydrogen (secondary N) is 1. The summed E-state index contributed by atoms with van der Waals surface area (Å²) in [5.41, 5.74) is 0.805. The fourth-order valence-corrected chi connectivity index (χ4v) is 3.28. The van der Waals surface area contributed by atoms with Crippen LogP contribution in [0.4, 0.5) is 0 Å². The SMILES string of the molecule is CCC(C)(C)N(C)CC1(CNC(C)C)CCCCCC1. The van der Waals surface area contributed by atoms with Gasteiger partial charge in [-0.25, -0.2) is 0 Å². The highest BCUT2D eigenvalue weighted by Crippen LogP contribution is 2.37. The number of hydrogen-bond acceptors (Lipinski definition) is 2. The van der Waals surface area contributed by atoms with Gasteiger partial charge in [-0.15, -0.1) is 0 Å². The number of nitrogens with zero attached hydrogens (tertiary/aromatic N) is 1. The van der Waals surface area contributed by atoms with E-state index < -0.39 is 0 Å². The summed E-state index contributed by atoms with van der Waals surface area (Å²) in [6.45, 7) is 14.0. The standard InChI is InChI=1S/C18H38N2/c1-7-17(4,5)20(6)15-18(14-19-16(2)3)12-10-8-9-11-13-18/h16,19H,7-15H2,1-6H3. The van der Waals surface area contributed by atoms with Crippen LogP contribution < -0.4 is 5.32 Å². The van der Waals surface area contributed by atoms with E-state index in [0.717, 1.165) is 0 Å². The summed E-state index contributed by atoms with van der Waals surface area (Å²) in [5, 5.41) is 3.73. The van der Waals surface area contributed by atoms with Gasteiger partial charge in [-0.1, -0.05) is 46.5 Å². The molecule has 1 N–H and O–H groups in total. The van der Waals surface area contributed by atoms with Crippen molar-refractivity contribution in [2.75, 3.05) is 20.1 Å². The molecule has 1 fully saturated rings. The van der Waals surface area contributed by atoms with Gasteiger partial charge in [0.2, 0.25) is 0 Å².